The van der Waals surface area contributed by atoms with Gasteiger partial charge in [0.15, 0.2) is 0 Å². The lowest BCUT2D eigenvalue weighted by Gasteiger charge is -2.36. The molecular weight excluding hydrogens is 272 g/mol. The molecule has 2 rings (SSSR count). The van der Waals surface area contributed by atoms with Gasteiger partial charge in [-0.05, 0) is 38.0 Å². The Morgan fingerprint density at radius 1 is 1.45 bits per heavy atom. The molecule has 20 heavy (non-hydrogen) atoms. The second-order valence-electron chi connectivity index (χ2n) is 5.62. The van der Waals surface area contributed by atoms with Crippen molar-refractivity contribution >= 4 is 11.6 Å². The van der Waals surface area contributed by atoms with Crippen molar-refractivity contribution in [2.75, 3.05) is 26.2 Å². The van der Waals surface area contributed by atoms with Gasteiger partial charge in [0.25, 0.3) is 0 Å². The van der Waals surface area contributed by atoms with Gasteiger partial charge < -0.3 is 10.4 Å². The summed E-state index contributed by atoms with van der Waals surface area (Å²) >= 11 is 6.18. The highest BCUT2D eigenvalue weighted by atomic mass is 35.5. The molecule has 1 saturated heterocycles. The van der Waals surface area contributed by atoms with E-state index in [1.807, 2.05) is 19.9 Å². The Kier molecular flexibility index (Phi) is 5.08. The van der Waals surface area contributed by atoms with Crippen LogP contribution in [0.5, 0.6) is 5.75 Å². The number of halogens is 1. The van der Waals surface area contributed by atoms with E-state index < -0.39 is 0 Å². The summed E-state index contributed by atoms with van der Waals surface area (Å²) in [7, 11) is 0. The summed E-state index contributed by atoms with van der Waals surface area (Å²) in [5, 5.41) is 14.4. The van der Waals surface area contributed by atoms with Crippen LogP contribution in [-0.2, 0) is 0 Å². The van der Waals surface area contributed by atoms with E-state index in [2.05, 4.69) is 16.8 Å². The maximum absolute atomic E-state index is 10.4. The van der Waals surface area contributed by atoms with Crippen molar-refractivity contribution in [1.82, 2.24) is 10.2 Å². The number of aromatic hydroxyl groups is 1. The van der Waals surface area contributed by atoms with Crippen molar-refractivity contribution in [3.63, 3.8) is 0 Å². The minimum Gasteiger partial charge on any atom is -0.507 e. The number of hydrogen-bond acceptors (Lipinski definition) is 3. The van der Waals surface area contributed by atoms with Crippen LogP contribution in [0, 0.1) is 6.92 Å². The Morgan fingerprint density at radius 2 is 2.10 bits per heavy atom. The Labute approximate surface area is 126 Å². The Hall–Kier alpha value is -1.03. The first-order chi connectivity index (χ1) is 9.49. The SMILES string of the molecule is C=C(C)C[C@H](c1cc(Cl)cc(C)c1O)N1CCNCC1. The molecule has 0 unspecified atom stereocenters. The van der Waals surface area contributed by atoms with Crippen LogP contribution >= 0.6 is 11.6 Å². The number of piperazine rings is 1. The van der Waals surface area contributed by atoms with Gasteiger partial charge in [-0.2, -0.15) is 0 Å². The van der Waals surface area contributed by atoms with Gasteiger partial charge in [0.1, 0.15) is 5.75 Å². The van der Waals surface area contributed by atoms with Crippen LogP contribution in [0.2, 0.25) is 5.02 Å². The van der Waals surface area contributed by atoms with E-state index in [4.69, 9.17) is 11.6 Å². The van der Waals surface area contributed by atoms with Gasteiger partial charge in [0.2, 0.25) is 0 Å². The van der Waals surface area contributed by atoms with Crippen molar-refractivity contribution in [2.45, 2.75) is 26.3 Å². The molecule has 1 aromatic rings. The Balaban J connectivity index is 2.37. The van der Waals surface area contributed by atoms with E-state index >= 15 is 0 Å². The summed E-state index contributed by atoms with van der Waals surface area (Å²) in [4.78, 5) is 2.40. The molecule has 0 aliphatic carbocycles. The van der Waals surface area contributed by atoms with Crippen LogP contribution in [0.4, 0.5) is 0 Å². The fourth-order valence-corrected chi connectivity index (χ4v) is 3.06. The van der Waals surface area contributed by atoms with Gasteiger partial charge in [0.05, 0.1) is 0 Å². The topological polar surface area (TPSA) is 35.5 Å². The molecule has 1 heterocycles. The second-order valence-corrected chi connectivity index (χ2v) is 6.06. The fourth-order valence-electron chi connectivity index (χ4n) is 2.78. The Morgan fingerprint density at radius 3 is 2.70 bits per heavy atom. The molecule has 2 N–H and O–H groups in total. The van der Waals surface area contributed by atoms with E-state index in [0.717, 1.165) is 49.3 Å². The summed E-state index contributed by atoms with van der Waals surface area (Å²) in [6.07, 6.45) is 0.841. The minimum atomic E-state index is 0.145. The van der Waals surface area contributed by atoms with Gasteiger partial charge in [-0.3, -0.25) is 4.90 Å². The third-order valence-electron chi connectivity index (χ3n) is 3.79. The van der Waals surface area contributed by atoms with Crippen molar-refractivity contribution in [3.05, 3.63) is 40.4 Å². The van der Waals surface area contributed by atoms with Gasteiger partial charge in [-0.25, -0.2) is 0 Å². The fraction of sp³-hybridized carbons (Fsp3) is 0.500. The number of rotatable bonds is 4. The van der Waals surface area contributed by atoms with Crippen molar-refractivity contribution < 1.29 is 5.11 Å². The zero-order chi connectivity index (χ0) is 14.7. The normalized spacial score (nSPS) is 17.9. The first-order valence-corrected chi connectivity index (χ1v) is 7.45. The van der Waals surface area contributed by atoms with E-state index in [1.54, 1.807) is 6.07 Å². The summed E-state index contributed by atoms with van der Waals surface area (Å²) in [6, 6.07) is 3.84. The van der Waals surface area contributed by atoms with Gasteiger partial charge in [0, 0.05) is 42.8 Å². The van der Waals surface area contributed by atoms with Crippen molar-refractivity contribution in [2.24, 2.45) is 0 Å². The molecular formula is C16H23ClN2O. The van der Waals surface area contributed by atoms with Gasteiger partial charge in [-0.15, -0.1) is 6.58 Å². The molecule has 4 heteroatoms. The maximum atomic E-state index is 10.4. The average molecular weight is 295 g/mol. The van der Waals surface area contributed by atoms with E-state index in [-0.39, 0.29) is 6.04 Å². The standard InChI is InChI=1S/C16H23ClN2O/c1-11(2)8-15(19-6-4-18-5-7-19)14-10-13(17)9-12(3)16(14)20/h9-10,15,18,20H,1,4-8H2,2-3H3/t15-/m1/s1. The van der Waals surface area contributed by atoms with E-state index in [1.165, 1.54) is 0 Å². The minimum absolute atomic E-state index is 0.145. The Bertz CT molecular complexity index is 495. The predicted molar refractivity (Wildman–Crippen MR) is 84.5 cm³/mol. The third-order valence-corrected chi connectivity index (χ3v) is 4.01. The van der Waals surface area contributed by atoms with Crippen LogP contribution < -0.4 is 5.32 Å². The largest absolute Gasteiger partial charge is 0.507 e. The highest BCUT2D eigenvalue weighted by Crippen LogP contribution is 2.37. The molecule has 0 bridgehead atoms. The second kappa shape index (κ2) is 6.61. The first-order valence-electron chi connectivity index (χ1n) is 7.07. The zero-order valence-corrected chi connectivity index (χ0v) is 13.0. The summed E-state index contributed by atoms with van der Waals surface area (Å²) in [5.41, 5.74) is 2.86. The highest BCUT2D eigenvalue weighted by molar-refractivity contribution is 6.30. The molecule has 1 aromatic carbocycles. The van der Waals surface area contributed by atoms with Gasteiger partial charge >= 0.3 is 0 Å². The molecule has 1 aliphatic rings. The van der Waals surface area contributed by atoms with Crippen LogP contribution in [0.1, 0.15) is 30.5 Å². The molecule has 0 radical (unpaired) electrons. The monoisotopic (exact) mass is 294 g/mol. The lowest BCUT2D eigenvalue weighted by molar-refractivity contribution is 0.170. The smallest absolute Gasteiger partial charge is 0.123 e. The quantitative estimate of drug-likeness (QED) is 0.837. The first kappa shape index (κ1) is 15.4. The van der Waals surface area contributed by atoms with Crippen LogP contribution in [0.15, 0.2) is 24.3 Å². The van der Waals surface area contributed by atoms with Crippen LogP contribution in [0.25, 0.3) is 0 Å². The number of hydrogen-bond donors (Lipinski definition) is 2. The lowest BCUT2D eigenvalue weighted by Crippen LogP contribution is -2.45. The molecule has 1 fully saturated rings. The summed E-state index contributed by atoms with van der Waals surface area (Å²) in [6.45, 7) is 11.9. The molecule has 0 aromatic heterocycles. The van der Waals surface area contributed by atoms with Crippen molar-refractivity contribution in [3.8, 4) is 5.75 Å². The van der Waals surface area contributed by atoms with Gasteiger partial charge in [-0.1, -0.05) is 17.2 Å². The lowest BCUT2D eigenvalue weighted by atomic mass is 9.95. The van der Waals surface area contributed by atoms with Crippen LogP contribution in [-0.4, -0.2) is 36.2 Å². The average Bonchev–Trinajstić information content (AvgIpc) is 2.41. The maximum Gasteiger partial charge on any atom is 0.123 e. The molecule has 3 nitrogen and oxygen atoms in total. The molecule has 0 spiro atoms. The van der Waals surface area contributed by atoms with Crippen LogP contribution in [0.3, 0.4) is 0 Å². The molecule has 0 amide bonds. The number of nitrogens with zero attached hydrogens (tertiary/aromatic N) is 1. The van der Waals surface area contributed by atoms with Crippen molar-refractivity contribution in [1.29, 1.82) is 0 Å². The molecule has 110 valence electrons. The number of phenols is 1. The van der Waals surface area contributed by atoms with E-state index in [9.17, 15) is 5.11 Å². The molecule has 1 aliphatic heterocycles. The number of phenolic OH excluding ortho intramolecular Hbond substituents is 1. The summed E-state index contributed by atoms with van der Waals surface area (Å²) in [5.74, 6) is 0.360. The zero-order valence-electron chi connectivity index (χ0n) is 12.2. The number of nitrogens with one attached hydrogen (secondary N) is 1. The number of benzene rings is 1. The molecule has 0 saturated carbocycles. The third kappa shape index (κ3) is 3.54. The number of aryl methyl sites for hydroxylation is 1. The summed E-state index contributed by atoms with van der Waals surface area (Å²) < 4.78 is 0. The highest BCUT2D eigenvalue weighted by Gasteiger charge is 2.25. The predicted octanol–water partition coefficient (Wildman–Crippen LogP) is 3.27. The van der Waals surface area contributed by atoms with E-state index in [0.29, 0.717) is 10.8 Å². The molecule has 1 atom stereocenters.